The normalized spacial score (nSPS) is 27.0. The Morgan fingerprint density at radius 1 is 0.585 bits per heavy atom. The fourth-order valence-electron chi connectivity index (χ4n) is 8.40. The first-order chi connectivity index (χ1) is 20.1. The van der Waals surface area contributed by atoms with Gasteiger partial charge in [0.2, 0.25) is 0 Å². The van der Waals surface area contributed by atoms with Crippen LogP contribution in [0.15, 0.2) is 48.5 Å². The van der Waals surface area contributed by atoms with E-state index in [9.17, 15) is 0 Å². The summed E-state index contributed by atoms with van der Waals surface area (Å²) in [6.45, 7) is 4.59. The van der Waals surface area contributed by atoms with E-state index in [2.05, 4.69) is 56.3 Å². The van der Waals surface area contributed by atoms with E-state index in [0.29, 0.717) is 11.8 Å². The first-order valence-corrected chi connectivity index (χ1v) is 17.7. The highest BCUT2D eigenvalue weighted by atomic mass is 19.1. The second kappa shape index (κ2) is 15.5. The monoisotopic (exact) mass is 556 g/mol. The van der Waals surface area contributed by atoms with Crippen LogP contribution in [0.4, 0.5) is 4.39 Å². The molecule has 0 radical (unpaired) electrons. The van der Waals surface area contributed by atoms with E-state index in [4.69, 9.17) is 0 Å². The summed E-state index contributed by atoms with van der Waals surface area (Å²) in [5.74, 6) is 3.75. The zero-order valence-electron chi connectivity index (χ0n) is 26.3. The number of hydrogen-bond acceptors (Lipinski definition) is 0. The van der Waals surface area contributed by atoms with Gasteiger partial charge in [0.05, 0.1) is 0 Å². The smallest absolute Gasteiger partial charge is 0.130 e. The molecule has 0 spiro atoms. The second-order valence-electron chi connectivity index (χ2n) is 14.0. The molecular weight excluding hydrogens is 499 g/mol. The fourth-order valence-corrected chi connectivity index (χ4v) is 8.40. The molecule has 1 heteroatoms. The number of unbranched alkanes of at least 4 members (excludes halogenated alkanes) is 4. The first kappa shape index (κ1) is 30.6. The molecule has 2 aromatic carbocycles. The molecule has 0 aromatic heterocycles. The van der Waals surface area contributed by atoms with E-state index in [1.54, 1.807) is 5.56 Å². The predicted molar refractivity (Wildman–Crippen MR) is 175 cm³/mol. The molecule has 0 saturated heterocycles. The van der Waals surface area contributed by atoms with Crippen LogP contribution >= 0.6 is 0 Å². The van der Waals surface area contributed by atoms with Crippen molar-refractivity contribution in [2.24, 2.45) is 11.8 Å². The molecule has 0 bridgehead atoms. The lowest BCUT2D eigenvalue weighted by atomic mass is 9.76. The molecule has 0 N–H and O–H groups in total. The summed E-state index contributed by atoms with van der Waals surface area (Å²) in [5.41, 5.74) is 6.33. The molecule has 0 amide bonds. The Labute approximate surface area is 251 Å². The number of hydrogen-bond donors (Lipinski definition) is 0. The van der Waals surface area contributed by atoms with Crippen molar-refractivity contribution in [3.05, 3.63) is 76.6 Å². The summed E-state index contributed by atoms with van der Waals surface area (Å²) in [5, 5.41) is 0. The van der Waals surface area contributed by atoms with E-state index >= 15 is 4.39 Å². The van der Waals surface area contributed by atoms with E-state index < -0.39 is 0 Å². The lowest BCUT2D eigenvalue weighted by Gasteiger charge is -2.29. The Balaban J connectivity index is 1.10. The molecule has 0 nitrogen and oxygen atoms in total. The maximum Gasteiger partial charge on any atom is 0.130 e. The van der Waals surface area contributed by atoms with Crippen molar-refractivity contribution in [2.75, 3.05) is 0 Å². The maximum atomic E-state index is 15.4. The molecule has 0 heterocycles. The second-order valence-corrected chi connectivity index (χ2v) is 14.0. The van der Waals surface area contributed by atoms with E-state index in [0.717, 1.165) is 42.6 Å². The van der Waals surface area contributed by atoms with Crippen LogP contribution in [0, 0.1) is 17.7 Å². The van der Waals surface area contributed by atoms with Crippen LogP contribution in [0.3, 0.4) is 0 Å². The Morgan fingerprint density at radius 2 is 1.10 bits per heavy atom. The van der Waals surface area contributed by atoms with Gasteiger partial charge in [-0.2, -0.15) is 0 Å². The van der Waals surface area contributed by atoms with Gasteiger partial charge >= 0.3 is 0 Å². The van der Waals surface area contributed by atoms with Crippen LogP contribution in [0.2, 0.25) is 0 Å². The molecule has 5 rings (SSSR count). The van der Waals surface area contributed by atoms with Crippen LogP contribution in [0.1, 0.15) is 176 Å². The number of halogens is 1. The Kier molecular flexibility index (Phi) is 11.6. The third-order valence-electron chi connectivity index (χ3n) is 11.2. The van der Waals surface area contributed by atoms with Crippen LogP contribution < -0.4 is 0 Å². The zero-order chi connectivity index (χ0) is 28.4. The van der Waals surface area contributed by atoms with Crippen molar-refractivity contribution in [1.29, 1.82) is 0 Å². The van der Waals surface area contributed by atoms with Crippen LogP contribution in [0.25, 0.3) is 5.57 Å². The molecule has 3 aliphatic carbocycles. The quantitative estimate of drug-likeness (QED) is 0.228. The molecular formula is C40H57F. The minimum absolute atomic E-state index is 0.00158. The summed E-state index contributed by atoms with van der Waals surface area (Å²) < 4.78 is 15.4. The number of benzene rings is 2. The summed E-state index contributed by atoms with van der Waals surface area (Å²) in [4.78, 5) is 0. The summed E-state index contributed by atoms with van der Waals surface area (Å²) >= 11 is 0. The molecule has 2 fully saturated rings. The van der Waals surface area contributed by atoms with Gasteiger partial charge < -0.3 is 0 Å². The highest BCUT2D eigenvalue weighted by Gasteiger charge is 2.25. The van der Waals surface area contributed by atoms with Crippen molar-refractivity contribution in [3.8, 4) is 0 Å². The molecule has 1 atom stereocenters. The van der Waals surface area contributed by atoms with Gasteiger partial charge in [0.15, 0.2) is 0 Å². The number of rotatable bonds is 12. The minimum Gasteiger partial charge on any atom is -0.206 e. The zero-order valence-corrected chi connectivity index (χ0v) is 26.3. The summed E-state index contributed by atoms with van der Waals surface area (Å²) in [6, 6.07) is 15.9. The van der Waals surface area contributed by atoms with Crippen LogP contribution in [-0.4, -0.2) is 0 Å². The molecule has 1 unspecified atom stereocenters. The lowest BCUT2D eigenvalue weighted by molar-refractivity contribution is 0.302. The molecule has 2 aromatic rings. The van der Waals surface area contributed by atoms with Crippen LogP contribution in [0.5, 0.6) is 0 Å². The highest BCUT2D eigenvalue weighted by molar-refractivity contribution is 5.67. The van der Waals surface area contributed by atoms with Gasteiger partial charge in [0.25, 0.3) is 0 Å². The van der Waals surface area contributed by atoms with Gasteiger partial charge in [-0.1, -0.05) is 108 Å². The molecule has 41 heavy (non-hydrogen) atoms. The largest absolute Gasteiger partial charge is 0.206 e. The maximum absolute atomic E-state index is 15.4. The van der Waals surface area contributed by atoms with Crippen molar-refractivity contribution in [3.63, 3.8) is 0 Å². The van der Waals surface area contributed by atoms with Crippen molar-refractivity contribution < 1.29 is 4.39 Å². The van der Waals surface area contributed by atoms with E-state index in [1.165, 1.54) is 119 Å². The average molecular weight is 557 g/mol. The van der Waals surface area contributed by atoms with Gasteiger partial charge in [-0.15, -0.1) is 0 Å². The predicted octanol–water partition coefficient (Wildman–Crippen LogP) is 12.9. The van der Waals surface area contributed by atoms with E-state index in [1.807, 2.05) is 6.07 Å². The summed E-state index contributed by atoms with van der Waals surface area (Å²) in [6.07, 6.45) is 27.2. The highest BCUT2D eigenvalue weighted by Crippen LogP contribution is 2.42. The Morgan fingerprint density at radius 3 is 1.59 bits per heavy atom. The SMILES string of the molecule is CCCCCC1CCC(c2ccc(C3CC=C(c4ccc(C5CCC(CCCCC)CC5)cc4F)CC3)cc2)CC1. The first-order valence-electron chi connectivity index (χ1n) is 17.7. The van der Waals surface area contributed by atoms with Crippen molar-refractivity contribution >= 4 is 5.57 Å². The van der Waals surface area contributed by atoms with Crippen molar-refractivity contribution in [1.82, 2.24) is 0 Å². The fraction of sp³-hybridized carbons (Fsp3) is 0.650. The van der Waals surface area contributed by atoms with Gasteiger partial charge in [-0.3, -0.25) is 0 Å². The molecule has 0 aliphatic heterocycles. The van der Waals surface area contributed by atoms with Gasteiger partial charge in [0, 0.05) is 5.56 Å². The van der Waals surface area contributed by atoms with E-state index in [-0.39, 0.29) is 5.82 Å². The van der Waals surface area contributed by atoms with Crippen LogP contribution in [-0.2, 0) is 0 Å². The van der Waals surface area contributed by atoms with Gasteiger partial charge in [-0.25, -0.2) is 4.39 Å². The third kappa shape index (κ3) is 8.36. The van der Waals surface area contributed by atoms with Crippen molar-refractivity contribution in [2.45, 2.75) is 154 Å². The lowest BCUT2D eigenvalue weighted by Crippen LogP contribution is -2.14. The standard InChI is InChI=1S/C40H57F/c1-3-5-7-9-30-11-15-32(16-12-30)33-19-21-34(22-20-33)35-23-25-37(26-24-35)39-28-27-38(29-40(39)41)36-17-13-31(14-18-36)10-8-6-4-2/h19-22,25,27-32,35-36H,3-18,23-24,26H2,1-2H3. The molecule has 2 saturated carbocycles. The topological polar surface area (TPSA) is 0 Å². The Bertz CT molecular complexity index is 1080. The molecule has 224 valence electrons. The molecule has 3 aliphatic rings. The average Bonchev–Trinajstić information content (AvgIpc) is 3.02. The number of allylic oxidation sites excluding steroid dienone is 2. The third-order valence-corrected chi connectivity index (χ3v) is 11.2. The van der Waals surface area contributed by atoms with Gasteiger partial charge in [0.1, 0.15) is 5.82 Å². The van der Waals surface area contributed by atoms with Gasteiger partial charge in [-0.05, 0) is 129 Å². The minimum atomic E-state index is 0.00158. The Hall–Kier alpha value is -1.89. The summed E-state index contributed by atoms with van der Waals surface area (Å²) in [7, 11) is 0.